The second kappa shape index (κ2) is 11.7. The van der Waals surface area contributed by atoms with Crippen LogP contribution in [0.15, 0.2) is 84.9 Å². The number of carbonyl (C=O) groups is 2. The lowest BCUT2D eigenvalue weighted by Gasteiger charge is -2.11. The first-order valence-electron chi connectivity index (χ1n) is 11.8. The quantitative estimate of drug-likeness (QED) is 0.149. The minimum Gasteiger partial charge on any atom is -0.457 e. The zero-order valence-corrected chi connectivity index (χ0v) is 21.2. The van der Waals surface area contributed by atoms with Crippen LogP contribution in [0, 0.1) is 34.1 Å². The van der Waals surface area contributed by atoms with Crippen molar-refractivity contribution in [1.29, 1.82) is 0 Å². The van der Waals surface area contributed by atoms with E-state index in [1.54, 1.807) is 36.4 Å². The number of carbonyl (C=O) groups excluding carboxylic acids is 2. The molecular formula is C28H22N4O8. The van der Waals surface area contributed by atoms with E-state index in [0.717, 1.165) is 23.3 Å². The number of hydrogen-bond acceptors (Lipinski definition) is 8. The number of nitro benzene ring substituents is 2. The monoisotopic (exact) mass is 542 g/mol. The van der Waals surface area contributed by atoms with Gasteiger partial charge in [-0.3, -0.25) is 29.8 Å². The Kier molecular flexibility index (Phi) is 7.99. The predicted octanol–water partition coefficient (Wildman–Crippen LogP) is 6.28. The van der Waals surface area contributed by atoms with Crippen molar-refractivity contribution in [1.82, 2.24) is 0 Å². The molecule has 40 heavy (non-hydrogen) atoms. The highest BCUT2D eigenvalue weighted by atomic mass is 16.6. The Labute approximate surface area is 227 Å². The molecular weight excluding hydrogens is 520 g/mol. The van der Waals surface area contributed by atoms with Gasteiger partial charge in [-0.2, -0.15) is 0 Å². The summed E-state index contributed by atoms with van der Waals surface area (Å²) in [6.07, 6.45) is 0. The Balaban J connectivity index is 1.52. The number of nitro groups is 2. The third-order valence-corrected chi connectivity index (χ3v) is 5.38. The molecule has 0 saturated carbocycles. The van der Waals surface area contributed by atoms with Crippen molar-refractivity contribution in [3.8, 4) is 23.0 Å². The fourth-order valence-corrected chi connectivity index (χ4v) is 3.65. The molecule has 0 fully saturated rings. The van der Waals surface area contributed by atoms with Crippen LogP contribution in [0.25, 0.3) is 0 Å². The molecule has 2 amide bonds. The number of ether oxygens (including phenoxy) is 2. The molecule has 0 heterocycles. The molecule has 0 aliphatic heterocycles. The molecule has 0 aliphatic rings. The second-order valence-corrected chi connectivity index (χ2v) is 8.69. The summed E-state index contributed by atoms with van der Waals surface area (Å²) < 4.78 is 11.4. The van der Waals surface area contributed by atoms with Gasteiger partial charge in [-0.15, -0.1) is 0 Å². The number of aryl methyl sites for hydroxylation is 2. The molecule has 0 aliphatic carbocycles. The molecule has 0 aromatic heterocycles. The van der Waals surface area contributed by atoms with E-state index in [1.807, 2.05) is 26.0 Å². The molecule has 0 unspecified atom stereocenters. The molecule has 0 saturated heterocycles. The second-order valence-electron chi connectivity index (χ2n) is 8.69. The summed E-state index contributed by atoms with van der Waals surface area (Å²) in [6, 6.07) is 21.1. The fourth-order valence-electron chi connectivity index (χ4n) is 3.65. The maximum Gasteiger partial charge on any atom is 0.314 e. The summed E-state index contributed by atoms with van der Waals surface area (Å²) in [7, 11) is 0. The number of hydrogen-bond donors (Lipinski definition) is 2. The fraction of sp³-hybridized carbons (Fsp3) is 0.0714. The van der Waals surface area contributed by atoms with Crippen LogP contribution in [0.2, 0.25) is 0 Å². The molecule has 0 spiro atoms. The Bertz CT molecular complexity index is 1520. The summed E-state index contributed by atoms with van der Waals surface area (Å²) in [5, 5.41) is 27.4. The standard InChI is InChI=1S/C28H22N4O8/c1-17-5-3-7-23(9-17)39-25-13-19(11-21(15-25)31(35)36)29-27(33)28(34)30-20-12-22(32(37)38)16-26(14-20)40-24-8-4-6-18(2)10-24/h3-16H,1-2H3,(H,29,33)(H,30,34). The first-order valence-corrected chi connectivity index (χ1v) is 11.8. The Hall–Kier alpha value is -5.78. The van der Waals surface area contributed by atoms with Crippen LogP contribution in [-0.2, 0) is 9.59 Å². The van der Waals surface area contributed by atoms with E-state index < -0.39 is 21.7 Å². The van der Waals surface area contributed by atoms with Crippen molar-refractivity contribution in [2.75, 3.05) is 10.6 Å². The van der Waals surface area contributed by atoms with Crippen molar-refractivity contribution in [3.63, 3.8) is 0 Å². The summed E-state index contributed by atoms with van der Waals surface area (Å²) in [5.41, 5.74) is 0.914. The average Bonchev–Trinajstić information content (AvgIpc) is 2.88. The first kappa shape index (κ1) is 27.3. The Morgan fingerprint density at radius 3 is 1.35 bits per heavy atom. The van der Waals surface area contributed by atoms with Gasteiger partial charge in [-0.05, 0) is 49.2 Å². The number of nitrogens with zero attached hydrogens (tertiary/aromatic N) is 2. The average molecular weight is 543 g/mol. The molecule has 4 rings (SSSR count). The largest absolute Gasteiger partial charge is 0.457 e. The van der Waals surface area contributed by atoms with Gasteiger partial charge in [0.15, 0.2) is 0 Å². The molecule has 2 N–H and O–H groups in total. The lowest BCUT2D eigenvalue weighted by molar-refractivity contribution is -0.385. The third-order valence-electron chi connectivity index (χ3n) is 5.38. The summed E-state index contributed by atoms with van der Waals surface area (Å²) in [5.74, 6) is -1.38. The number of rotatable bonds is 8. The van der Waals surface area contributed by atoms with Crippen molar-refractivity contribution in [2.24, 2.45) is 0 Å². The lowest BCUT2D eigenvalue weighted by atomic mass is 10.2. The van der Waals surface area contributed by atoms with E-state index in [0.29, 0.717) is 11.5 Å². The summed E-state index contributed by atoms with van der Waals surface area (Å²) >= 11 is 0. The van der Waals surface area contributed by atoms with Gasteiger partial charge in [0, 0.05) is 24.3 Å². The number of amides is 2. The SMILES string of the molecule is Cc1cccc(Oc2cc(NC(=O)C(=O)Nc3cc(Oc4cccc(C)c4)cc([N+](=O)[O-])c3)cc([N+](=O)[O-])c2)c1. The summed E-state index contributed by atoms with van der Waals surface area (Å²) in [4.78, 5) is 46.8. The van der Waals surface area contributed by atoms with Gasteiger partial charge in [0.2, 0.25) is 0 Å². The topological polar surface area (TPSA) is 163 Å². The van der Waals surface area contributed by atoms with Crippen molar-refractivity contribution in [3.05, 3.63) is 116 Å². The number of benzene rings is 4. The van der Waals surface area contributed by atoms with Gasteiger partial charge in [-0.25, -0.2) is 0 Å². The number of nitrogens with one attached hydrogen (secondary N) is 2. The molecule has 0 bridgehead atoms. The number of anilines is 2. The zero-order chi connectivity index (χ0) is 28.8. The highest BCUT2D eigenvalue weighted by Gasteiger charge is 2.20. The van der Waals surface area contributed by atoms with Gasteiger partial charge in [-0.1, -0.05) is 24.3 Å². The molecule has 4 aromatic carbocycles. The number of non-ortho nitro benzene ring substituents is 2. The Morgan fingerprint density at radius 1 is 0.600 bits per heavy atom. The van der Waals surface area contributed by atoms with Crippen LogP contribution in [0.1, 0.15) is 11.1 Å². The van der Waals surface area contributed by atoms with Crippen LogP contribution in [0.3, 0.4) is 0 Å². The third kappa shape index (κ3) is 7.16. The van der Waals surface area contributed by atoms with Gasteiger partial charge in [0.05, 0.1) is 33.4 Å². The van der Waals surface area contributed by atoms with Gasteiger partial charge in [0.25, 0.3) is 11.4 Å². The van der Waals surface area contributed by atoms with Crippen LogP contribution in [0.4, 0.5) is 22.7 Å². The van der Waals surface area contributed by atoms with Gasteiger partial charge in [0.1, 0.15) is 23.0 Å². The van der Waals surface area contributed by atoms with Crippen LogP contribution in [0.5, 0.6) is 23.0 Å². The van der Waals surface area contributed by atoms with Crippen LogP contribution in [-0.4, -0.2) is 21.7 Å². The summed E-state index contributed by atoms with van der Waals surface area (Å²) in [6.45, 7) is 3.70. The lowest BCUT2D eigenvalue weighted by Crippen LogP contribution is -2.29. The van der Waals surface area contributed by atoms with E-state index in [4.69, 9.17) is 9.47 Å². The smallest absolute Gasteiger partial charge is 0.314 e. The maximum atomic E-state index is 12.6. The van der Waals surface area contributed by atoms with E-state index in [-0.39, 0.29) is 34.2 Å². The Morgan fingerprint density at radius 2 is 1.00 bits per heavy atom. The van der Waals surface area contributed by atoms with Crippen LogP contribution >= 0.6 is 0 Å². The highest BCUT2D eigenvalue weighted by molar-refractivity contribution is 6.43. The van der Waals surface area contributed by atoms with Gasteiger partial charge >= 0.3 is 11.8 Å². The van der Waals surface area contributed by atoms with Crippen LogP contribution < -0.4 is 20.1 Å². The van der Waals surface area contributed by atoms with Crippen molar-refractivity contribution >= 4 is 34.6 Å². The molecule has 0 atom stereocenters. The highest BCUT2D eigenvalue weighted by Crippen LogP contribution is 2.32. The van der Waals surface area contributed by atoms with E-state index in [9.17, 15) is 29.8 Å². The minimum absolute atomic E-state index is 0.0622. The molecule has 0 radical (unpaired) electrons. The van der Waals surface area contributed by atoms with Crippen molar-refractivity contribution in [2.45, 2.75) is 13.8 Å². The minimum atomic E-state index is -1.17. The van der Waals surface area contributed by atoms with E-state index >= 15 is 0 Å². The molecule has 12 heteroatoms. The predicted molar refractivity (Wildman–Crippen MR) is 146 cm³/mol. The first-order chi connectivity index (χ1) is 19.0. The molecule has 12 nitrogen and oxygen atoms in total. The van der Waals surface area contributed by atoms with Crippen molar-refractivity contribution < 1.29 is 28.9 Å². The molecule has 202 valence electrons. The maximum absolute atomic E-state index is 12.6. The van der Waals surface area contributed by atoms with Gasteiger partial charge < -0.3 is 20.1 Å². The molecule has 4 aromatic rings. The zero-order valence-electron chi connectivity index (χ0n) is 21.2. The van der Waals surface area contributed by atoms with E-state index in [1.165, 1.54) is 24.3 Å². The normalized spacial score (nSPS) is 10.3. The van der Waals surface area contributed by atoms with E-state index in [2.05, 4.69) is 10.6 Å².